The molecule has 0 bridgehead atoms. The number of hydrogen-bond acceptors (Lipinski definition) is 5. The standard InChI is InChI=1S/C29H39NO4/c1-17-11-27(34-16-32)28(30-14-17)19(3)22-7-8-23-24-6-5-20-12-21(33-15-31)9-10-29(20,4)26(24)13-25(23)18(22)2/h5,7-8,15-17,19,21,24,26-28,30H,6,9-14H2,1-4H3/t17?,19?,21?,24-,26?,27-,28+,29+/m0/s1. The van der Waals surface area contributed by atoms with Crippen molar-refractivity contribution in [2.45, 2.75) is 96.3 Å². The molecule has 2 fully saturated rings. The minimum Gasteiger partial charge on any atom is -0.464 e. The highest BCUT2D eigenvalue weighted by molar-refractivity contribution is 5.50. The van der Waals surface area contributed by atoms with Crippen molar-refractivity contribution in [2.75, 3.05) is 6.54 Å². The Balaban J connectivity index is 1.40. The van der Waals surface area contributed by atoms with E-state index in [1.54, 1.807) is 5.56 Å². The zero-order valence-electron chi connectivity index (χ0n) is 21.0. The van der Waals surface area contributed by atoms with Gasteiger partial charge in [-0.25, -0.2) is 0 Å². The van der Waals surface area contributed by atoms with E-state index in [9.17, 15) is 9.59 Å². The molecule has 0 spiro atoms. The normalized spacial score (nSPS) is 37.5. The molecule has 1 saturated heterocycles. The highest BCUT2D eigenvalue weighted by Crippen LogP contribution is 2.60. The molecule has 184 valence electrons. The Hall–Kier alpha value is -2.14. The van der Waals surface area contributed by atoms with Gasteiger partial charge < -0.3 is 14.8 Å². The molecule has 0 radical (unpaired) electrons. The maximum atomic E-state index is 11.2. The fourth-order valence-electron chi connectivity index (χ4n) is 7.85. The lowest BCUT2D eigenvalue weighted by atomic mass is 9.57. The maximum absolute atomic E-state index is 11.2. The van der Waals surface area contributed by atoms with Gasteiger partial charge in [-0.1, -0.05) is 44.6 Å². The largest absolute Gasteiger partial charge is 0.464 e. The van der Waals surface area contributed by atoms with E-state index in [1.165, 1.54) is 22.3 Å². The number of allylic oxidation sites excluding steroid dienone is 1. The van der Waals surface area contributed by atoms with Gasteiger partial charge in [-0.15, -0.1) is 0 Å². The van der Waals surface area contributed by atoms with Crippen molar-refractivity contribution in [3.63, 3.8) is 0 Å². The summed E-state index contributed by atoms with van der Waals surface area (Å²) in [7, 11) is 0. The Morgan fingerprint density at radius 2 is 1.97 bits per heavy atom. The van der Waals surface area contributed by atoms with Crippen LogP contribution >= 0.6 is 0 Å². The lowest BCUT2D eigenvalue weighted by Crippen LogP contribution is -2.51. The van der Waals surface area contributed by atoms with Crippen molar-refractivity contribution in [3.05, 3.63) is 46.0 Å². The van der Waals surface area contributed by atoms with Crippen LogP contribution < -0.4 is 5.32 Å². The summed E-state index contributed by atoms with van der Waals surface area (Å²) in [5, 5.41) is 3.68. The topological polar surface area (TPSA) is 64.6 Å². The third kappa shape index (κ3) is 3.80. The van der Waals surface area contributed by atoms with Gasteiger partial charge in [0.15, 0.2) is 0 Å². The first kappa shape index (κ1) is 23.6. The number of nitrogens with one attached hydrogen (secondary N) is 1. The van der Waals surface area contributed by atoms with E-state index in [0.717, 1.165) is 45.1 Å². The monoisotopic (exact) mass is 465 g/mol. The summed E-state index contributed by atoms with van der Waals surface area (Å²) in [5.41, 5.74) is 7.57. The molecule has 1 aromatic rings. The number of fused-ring (bicyclic) bond motifs is 5. The van der Waals surface area contributed by atoms with Crippen molar-refractivity contribution in [1.82, 2.24) is 5.32 Å². The summed E-state index contributed by atoms with van der Waals surface area (Å²) in [5.74, 6) is 1.97. The van der Waals surface area contributed by atoms with Gasteiger partial charge in [-0.05, 0) is 91.0 Å². The Labute approximate surface area is 203 Å². The molecule has 4 aliphatic rings. The number of carbonyl (C=O) groups is 2. The smallest absolute Gasteiger partial charge is 0.293 e. The maximum Gasteiger partial charge on any atom is 0.293 e. The highest BCUT2D eigenvalue weighted by Gasteiger charge is 2.51. The average Bonchev–Trinajstić information content (AvgIpc) is 3.21. The van der Waals surface area contributed by atoms with Crippen molar-refractivity contribution < 1.29 is 19.1 Å². The van der Waals surface area contributed by atoms with Crippen LogP contribution in [0.5, 0.6) is 0 Å². The Kier molecular flexibility index (Phi) is 6.34. The predicted octanol–water partition coefficient (Wildman–Crippen LogP) is 4.96. The van der Waals surface area contributed by atoms with Gasteiger partial charge in [0, 0.05) is 12.3 Å². The molecule has 3 aliphatic carbocycles. The number of benzene rings is 1. The molecular formula is C29H39NO4. The fourth-order valence-corrected chi connectivity index (χ4v) is 7.85. The van der Waals surface area contributed by atoms with E-state index in [0.29, 0.717) is 30.7 Å². The number of ether oxygens (including phenoxy) is 2. The van der Waals surface area contributed by atoms with Gasteiger partial charge in [0.05, 0.1) is 6.04 Å². The van der Waals surface area contributed by atoms with Crippen LogP contribution in [0.15, 0.2) is 23.8 Å². The van der Waals surface area contributed by atoms with E-state index in [4.69, 9.17) is 9.47 Å². The van der Waals surface area contributed by atoms with Gasteiger partial charge in [-0.3, -0.25) is 9.59 Å². The summed E-state index contributed by atoms with van der Waals surface area (Å²) < 4.78 is 10.9. The van der Waals surface area contributed by atoms with E-state index >= 15 is 0 Å². The Morgan fingerprint density at radius 3 is 2.74 bits per heavy atom. The SMILES string of the molecule is Cc1c(C(C)[C@H]2NCC(C)C[C@@H]2OC=O)ccc2c1CC1[C@H]2CC=C2CC(OC=O)CC[C@]21C. The van der Waals surface area contributed by atoms with Crippen LogP contribution in [0, 0.1) is 24.2 Å². The van der Waals surface area contributed by atoms with Crippen molar-refractivity contribution >= 4 is 12.9 Å². The van der Waals surface area contributed by atoms with E-state index in [1.807, 2.05) is 0 Å². The summed E-state index contributed by atoms with van der Waals surface area (Å²) in [6.07, 6.45) is 8.47. The Morgan fingerprint density at radius 1 is 1.18 bits per heavy atom. The van der Waals surface area contributed by atoms with Gasteiger partial charge >= 0.3 is 0 Å². The third-order valence-electron chi connectivity index (χ3n) is 9.83. The number of piperidine rings is 1. The molecular weight excluding hydrogens is 426 g/mol. The second-order valence-electron chi connectivity index (χ2n) is 11.6. The van der Waals surface area contributed by atoms with Crippen molar-refractivity contribution in [1.29, 1.82) is 0 Å². The average molecular weight is 466 g/mol. The molecule has 4 unspecified atom stereocenters. The summed E-state index contributed by atoms with van der Waals surface area (Å²) >= 11 is 0. The first-order valence-corrected chi connectivity index (χ1v) is 13.1. The van der Waals surface area contributed by atoms with Crippen molar-refractivity contribution in [2.24, 2.45) is 17.3 Å². The molecule has 5 nitrogen and oxygen atoms in total. The van der Waals surface area contributed by atoms with Crippen LogP contribution in [0.3, 0.4) is 0 Å². The molecule has 0 amide bonds. The fraction of sp³-hybridized carbons (Fsp3) is 0.655. The molecule has 1 aromatic carbocycles. The first-order chi connectivity index (χ1) is 16.4. The molecule has 0 aromatic heterocycles. The molecule has 5 rings (SSSR count). The number of rotatable bonds is 6. The molecule has 34 heavy (non-hydrogen) atoms. The van der Waals surface area contributed by atoms with E-state index in [-0.39, 0.29) is 29.6 Å². The number of hydrogen-bond donors (Lipinski definition) is 1. The number of carbonyl (C=O) groups excluding carboxylic acids is 2. The molecule has 5 heteroatoms. The van der Waals surface area contributed by atoms with Crippen LogP contribution in [-0.4, -0.2) is 37.7 Å². The van der Waals surface area contributed by atoms with Crippen molar-refractivity contribution in [3.8, 4) is 0 Å². The first-order valence-electron chi connectivity index (χ1n) is 13.1. The molecule has 1 saturated carbocycles. The third-order valence-corrected chi connectivity index (χ3v) is 9.83. The van der Waals surface area contributed by atoms with Crippen LogP contribution in [0.2, 0.25) is 0 Å². The molecule has 1 heterocycles. The molecule has 1 N–H and O–H groups in total. The Bertz CT molecular complexity index is 987. The molecule has 1 aliphatic heterocycles. The second-order valence-corrected chi connectivity index (χ2v) is 11.6. The lowest BCUT2D eigenvalue weighted by molar-refractivity contribution is -0.137. The quantitative estimate of drug-likeness (QED) is 0.475. The van der Waals surface area contributed by atoms with E-state index in [2.05, 4.69) is 51.2 Å². The highest BCUT2D eigenvalue weighted by atomic mass is 16.5. The summed E-state index contributed by atoms with van der Waals surface area (Å²) in [4.78, 5) is 22.1. The lowest BCUT2D eigenvalue weighted by Gasteiger charge is -2.48. The van der Waals surface area contributed by atoms with Crippen LogP contribution in [0.4, 0.5) is 0 Å². The van der Waals surface area contributed by atoms with Crippen LogP contribution in [0.25, 0.3) is 0 Å². The van der Waals surface area contributed by atoms with E-state index < -0.39 is 0 Å². The summed E-state index contributed by atoms with van der Waals surface area (Å²) in [6.45, 7) is 11.4. The van der Waals surface area contributed by atoms with Gasteiger partial charge in [-0.2, -0.15) is 0 Å². The van der Waals surface area contributed by atoms with Crippen LogP contribution in [-0.2, 0) is 25.5 Å². The van der Waals surface area contributed by atoms with Gasteiger partial charge in [0.25, 0.3) is 12.9 Å². The zero-order valence-corrected chi connectivity index (χ0v) is 21.0. The van der Waals surface area contributed by atoms with Gasteiger partial charge in [0.2, 0.25) is 0 Å². The minimum atomic E-state index is -0.0825. The van der Waals surface area contributed by atoms with Gasteiger partial charge in [0.1, 0.15) is 12.2 Å². The summed E-state index contributed by atoms with van der Waals surface area (Å²) in [6, 6.07) is 4.87. The molecule has 8 atom stereocenters. The predicted molar refractivity (Wildman–Crippen MR) is 132 cm³/mol. The van der Waals surface area contributed by atoms with Crippen LogP contribution in [0.1, 0.15) is 87.0 Å². The minimum absolute atomic E-state index is 0.0404. The second kappa shape index (κ2) is 9.14. The zero-order chi connectivity index (χ0) is 24.0.